The van der Waals surface area contributed by atoms with E-state index in [2.05, 4.69) is 10.3 Å². The van der Waals surface area contributed by atoms with E-state index in [0.717, 1.165) is 5.71 Å². The maximum absolute atomic E-state index is 6.96. The third kappa shape index (κ3) is 7.14. The lowest BCUT2D eigenvalue weighted by molar-refractivity contribution is 0.913. The maximum Gasteiger partial charge on any atom is 0.108 e. The first-order chi connectivity index (χ1) is 4.13. The molecule has 0 aromatic carbocycles. The third-order valence-electron chi connectivity index (χ3n) is 0.740. The van der Waals surface area contributed by atoms with Crippen molar-refractivity contribution in [2.75, 3.05) is 6.67 Å². The molecule has 0 aromatic rings. The Labute approximate surface area is 55.7 Å². The second kappa shape index (κ2) is 4.06. The largest absolute Gasteiger partial charge is 0.355 e. The zero-order valence-corrected chi connectivity index (χ0v) is 6.15. The highest BCUT2D eigenvalue weighted by Gasteiger charge is 1.80. The van der Waals surface area contributed by atoms with Crippen LogP contribution in [0.1, 0.15) is 20.8 Å². The molecule has 52 valence electrons. The average molecular weight is 127 g/mol. The van der Waals surface area contributed by atoms with E-state index >= 15 is 0 Å². The second-order valence-electron chi connectivity index (χ2n) is 2.07. The van der Waals surface area contributed by atoms with Crippen molar-refractivity contribution in [2.45, 2.75) is 20.8 Å². The quantitative estimate of drug-likeness (QED) is 0.422. The molecule has 0 aliphatic rings. The van der Waals surface area contributed by atoms with Gasteiger partial charge in [0.25, 0.3) is 0 Å². The molecule has 0 fully saturated rings. The molecular formula is C6H13N3. The Hall–Kier alpha value is -0.860. The molecule has 0 amide bonds. The molecule has 3 nitrogen and oxygen atoms in total. The summed E-state index contributed by atoms with van der Waals surface area (Å²) in [7, 11) is 0. The van der Waals surface area contributed by atoms with Crippen LogP contribution in [-0.4, -0.2) is 18.2 Å². The number of hydrogen-bond acceptors (Lipinski definition) is 2. The van der Waals surface area contributed by atoms with E-state index in [1.807, 2.05) is 13.8 Å². The smallest absolute Gasteiger partial charge is 0.108 e. The van der Waals surface area contributed by atoms with E-state index in [9.17, 15) is 0 Å². The number of nitrogens with one attached hydrogen (secondary N) is 2. The summed E-state index contributed by atoms with van der Waals surface area (Å²) in [5, 5.41) is 9.73. The van der Waals surface area contributed by atoms with Crippen molar-refractivity contribution in [3.05, 3.63) is 0 Å². The van der Waals surface area contributed by atoms with Gasteiger partial charge < -0.3 is 5.32 Å². The molecule has 0 spiro atoms. The van der Waals surface area contributed by atoms with Crippen molar-refractivity contribution >= 4 is 11.5 Å². The van der Waals surface area contributed by atoms with Gasteiger partial charge in [0.15, 0.2) is 0 Å². The summed E-state index contributed by atoms with van der Waals surface area (Å²) in [6, 6.07) is 0. The number of amidine groups is 1. The fourth-order valence-corrected chi connectivity index (χ4v) is 0.316. The van der Waals surface area contributed by atoms with Crippen LogP contribution >= 0.6 is 0 Å². The van der Waals surface area contributed by atoms with Crippen LogP contribution in [0, 0.1) is 5.41 Å². The predicted octanol–water partition coefficient (Wildman–Crippen LogP) is 1.01. The summed E-state index contributed by atoms with van der Waals surface area (Å²) in [6.45, 7) is 6.08. The lowest BCUT2D eigenvalue weighted by Gasteiger charge is -1.97. The summed E-state index contributed by atoms with van der Waals surface area (Å²) in [4.78, 5) is 4.03. The van der Waals surface area contributed by atoms with E-state index in [1.165, 1.54) is 0 Å². The zero-order valence-electron chi connectivity index (χ0n) is 6.15. The molecule has 0 aromatic heterocycles. The van der Waals surface area contributed by atoms with Crippen molar-refractivity contribution in [3.8, 4) is 0 Å². The van der Waals surface area contributed by atoms with Crippen LogP contribution in [0.25, 0.3) is 0 Å². The molecule has 0 unspecified atom stereocenters. The minimum atomic E-state index is 0.458. The van der Waals surface area contributed by atoms with Gasteiger partial charge >= 0.3 is 0 Å². The summed E-state index contributed by atoms with van der Waals surface area (Å²) in [5.74, 6) is 0.458. The van der Waals surface area contributed by atoms with Crippen molar-refractivity contribution in [1.82, 2.24) is 5.32 Å². The zero-order chi connectivity index (χ0) is 7.28. The minimum absolute atomic E-state index is 0.458. The van der Waals surface area contributed by atoms with Gasteiger partial charge in [-0.2, -0.15) is 0 Å². The highest BCUT2D eigenvalue weighted by atomic mass is 15.0. The van der Waals surface area contributed by atoms with E-state index < -0.39 is 0 Å². The molecule has 0 rings (SSSR count). The monoisotopic (exact) mass is 127 g/mol. The Bertz CT molecular complexity index is 122. The highest BCUT2D eigenvalue weighted by Crippen LogP contribution is 1.71. The molecule has 0 saturated carbocycles. The number of aliphatic imine (C=N–C) groups is 1. The second-order valence-corrected chi connectivity index (χ2v) is 2.07. The van der Waals surface area contributed by atoms with Gasteiger partial charge in [0.2, 0.25) is 0 Å². The van der Waals surface area contributed by atoms with Crippen LogP contribution in [0.4, 0.5) is 0 Å². The fraction of sp³-hybridized carbons (Fsp3) is 0.667. The van der Waals surface area contributed by atoms with Gasteiger partial charge in [-0.3, -0.25) is 10.4 Å². The summed E-state index contributed by atoms with van der Waals surface area (Å²) in [5.41, 5.74) is 1.03. The van der Waals surface area contributed by atoms with E-state index in [1.54, 1.807) is 6.92 Å². The van der Waals surface area contributed by atoms with E-state index in [0.29, 0.717) is 12.5 Å². The van der Waals surface area contributed by atoms with Crippen molar-refractivity contribution in [3.63, 3.8) is 0 Å². The molecule has 0 aliphatic heterocycles. The summed E-state index contributed by atoms with van der Waals surface area (Å²) >= 11 is 0. The average Bonchev–Trinajstić information content (AvgIpc) is 1.63. The van der Waals surface area contributed by atoms with Gasteiger partial charge in [0, 0.05) is 5.71 Å². The molecule has 0 bridgehead atoms. The van der Waals surface area contributed by atoms with Crippen LogP contribution in [0.15, 0.2) is 4.99 Å². The standard InChI is InChI=1S/C6H13N3/c1-5(2)8-4-9-6(3)7/h4H2,1-3H3,(H2,7,9). The Morgan fingerprint density at radius 1 is 1.44 bits per heavy atom. The minimum Gasteiger partial charge on any atom is -0.355 e. The van der Waals surface area contributed by atoms with E-state index in [-0.39, 0.29) is 0 Å². The Kier molecular flexibility index (Phi) is 3.67. The number of rotatable bonds is 2. The van der Waals surface area contributed by atoms with Gasteiger partial charge in [0.05, 0.1) is 5.84 Å². The van der Waals surface area contributed by atoms with Crippen molar-refractivity contribution in [1.29, 1.82) is 5.41 Å². The summed E-state index contributed by atoms with van der Waals surface area (Å²) in [6.07, 6.45) is 0. The molecule has 3 heteroatoms. The van der Waals surface area contributed by atoms with Gasteiger partial charge in [-0.05, 0) is 20.8 Å². The first-order valence-electron chi connectivity index (χ1n) is 2.89. The van der Waals surface area contributed by atoms with Gasteiger partial charge in [0.1, 0.15) is 6.67 Å². The van der Waals surface area contributed by atoms with Gasteiger partial charge in [-0.15, -0.1) is 0 Å². The maximum atomic E-state index is 6.96. The molecule has 2 N–H and O–H groups in total. The third-order valence-corrected chi connectivity index (χ3v) is 0.740. The van der Waals surface area contributed by atoms with Crippen LogP contribution in [0.3, 0.4) is 0 Å². The van der Waals surface area contributed by atoms with Crippen molar-refractivity contribution in [2.24, 2.45) is 4.99 Å². The molecule has 0 aliphatic carbocycles. The molecule has 0 saturated heterocycles. The number of nitrogens with zero attached hydrogens (tertiary/aromatic N) is 1. The number of hydrogen-bond donors (Lipinski definition) is 2. The van der Waals surface area contributed by atoms with Crippen LogP contribution < -0.4 is 5.32 Å². The molecule has 0 radical (unpaired) electrons. The lowest BCUT2D eigenvalue weighted by Crippen LogP contribution is -2.19. The van der Waals surface area contributed by atoms with Gasteiger partial charge in [-0.1, -0.05) is 0 Å². The normalized spacial score (nSPS) is 8.33. The van der Waals surface area contributed by atoms with Crippen LogP contribution in [0.5, 0.6) is 0 Å². The first kappa shape index (κ1) is 8.14. The van der Waals surface area contributed by atoms with E-state index in [4.69, 9.17) is 5.41 Å². The first-order valence-corrected chi connectivity index (χ1v) is 2.89. The Morgan fingerprint density at radius 3 is 2.33 bits per heavy atom. The summed E-state index contributed by atoms with van der Waals surface area (Å²) < 4.78 is 0. The Morgan fingerprint density at radius 2 is 2.00 bits per heavy atom. The Balaban J connectivity index is 3.31. The lowest BCUT2D eigenvalue weighted by atomic mass is 10.5. The fourth-order valence-electron chi connectivity index (χ4n) is 0.316. The SMILES string of the molecule is CC(=N)NCN=C(C)C. The molecule has 0 heterocycles. The molecule has 0 atom stereocenters. The van der Waals surface area contributed by atoms with Crippen LogP contribution in [0.2, 0.25) is 0 Å². The molecular weight excluding hydrogens is 114 g/mol. The van der Waals surface area contributed by atoms with Gasteiger partial charge in [-0.25, -0.2) is 0 Å². The van der Waals surface area contributed by atoms with Crippen molar-refractivity contribution < 1.29 is 0 Å². The predicted molar refractivity (Wildman–Crippen MR) is 40.2 cm³/mol. The topological polar surface area (TPSA) is 48.2 Å². The van der Waals surface area contributed by atoms with Crippen LogP contribution in [-0.2, 0) is 0 Å². The molecule has 9 heavy (non-hydrogen) atoms. The highest BCUT2D eigenvalue weighted by molar-refractivity contribution is 5.80.